The first-order valence-electron chi connectivity index (χ1n) is 6.66. The molecule has 23 heavy (non-hydrogen) atoms. The van der Waals surface area contributed by atoms with Crippen molar-refractivity contribution in [2.24, 2.45) is 7.05 Å². The topological polar surface area (TPSA) is 22.0 Å². The van der Waals surface area contributed by atoms with E-state index in [1.807, 2.05) is 0 Å². The highest BCUT2D eigenvalue weighted by molar-refractivity contribution is 5.85. The monoisotopic (exact) mass is 337 g/mol. The maximum Gasteiger partial charge on any atom is 0.417 e. The number of benzene rings is 1. The SMILES string of the molecule is CC(C)c1c(C(F)(F)F)c2cc(C(F)(F)F)ccc2n(C)c1=O. The first-order chi connectivity index (χ1) is 10.4. The third kappa shape index (κ3) is 2.94. The Bertz CT molecular complexity index is 814. The molecular formula is C15H13F6NO. The summed E-state index contributed by atoms with van der Waals surface area (Å²) in [5.74, 6) is -0.788. The van der Waals surface area contributed by atoms with E-state index in [1.54, 1.807) is 0 Å². The van der Waals surface area contributed by atoms with Gasteiger partial charge in [-0.25, -0.2) is 0 Å². The van der Waals surface area contributed by atoms with Crippen molar-refractivity contribution in [3.05, 3.63) is 45.2 Å². The molecule has 0 fully saturated rings. The van der Waals surface area contributed by atoms with Crippen molar-refractivity contribution in [3.63, 3.8) is 0 Å². The molecule has 0 unspecified atom stereocenters. The summed E-state index contributed by atoms with van der Waals surface area (Å²) in [6.07, 6.45) is -9.71. The number of halogens is 6. The van der Waals surface area contributed by atoms with Crippen molar-refractivity contribution in [2.45, 2.75) is 32.1 Å². The Hall–Kier alpha value is -1.99. The number of aromatic nitrogens is 1. The minimum absolute atomic E-state index is 0.195. The molecule has 0 bridgehead atoms. The van der Waals surface area contributed by atoms with Crippen molar-refractivity contribution in [2.75, 3.05) is 0 Å². The quantitative estimate of drug-likeness (QED) is 0.692. The summed E-state index contributed by atoms with van der Waals surface area (Å²) in [7, 11) is 1.24. The van der Waals surface area contributed by atoms with Crippen LogP contribution in [0.1, 0.15) is 36.5 Å². The second-order valence-corrected chi connectivity index (χ2v) is 5.53. The van der Waals surface area contributed by atoms with E-state index in [-0.39, 0.29) is 5.52 Å². The molecule has 126 valence electrons. The average Bonchev–Trinajstić information content (AvgIpc) is 2.39. The fraction of sp³-hybridized carbons (Fsp3) is 0.400. The van der Waals surface area contributed by atoms with Crippen LogP contribution < -0.4 is 5.56 Å². The summed E-state index contributed by atoms with van der Waals surface area (Å²) >= 11 is 0. The maximum atomic E-state index is 13.4. The van der Waals surface area contributed by atoms with Crippen LogP contribution in [0.25, 0.3) is 10.9 Å². The molecule has 0 saturated heterocycles. The number of aryl methyl sites for hydroxylation is 1. The molecular weight excluding hydrogens is 324 g/mol. The van der Waals surface area contributed by atoms with E-state index in [9.17, 15) is 31.1 Å². The predicted molar refractivity (Wildman–Crippen MR) is 73.3 cm³/mol. The minimum Gasteiger partial charge on any atom is -0.311 e. The van der Waals surface area contributed by atoms with Crippen molar-refractivity contribution in [1.82, 2.24) is 4.57 Å². The maximum absolute atomic E-state index is 13.4. The Labute approximate surface area is 127 Å². The predicted octanol–water partition coefficient (Wildman–Crippen LogP) is 4.70. The second kappa shape index (κ2) is 5.28. The molecule has 8 heteroatoms. The molecule has 1 heterocycles. The van der Waals surface area contributed by atoms with Crippen molar-refractivity contribution in [3.8, 4) is 0 Å². The molecule has 0 radical (unpaired) electrons. The van der Waals surface area contributed by atoms with E-state index < -0.39 is 45.9 Å². The van der Waals surface area contributed by atoms with Crippen LogP contribution in [0, 0.1) is 0 Å². The molecule has 2 rings (SSSR count). The van der Waals surface area contributed by atoms with Gasteiger partial charge in [0.2, 0.25) is 0 Å². The molecule has 1 aromatic carbocycles. The molecule has 0 aliphatic rings. The standard InChI is InChI=1S/C15H13F6NO/c1-7(2)11-12(15(19,20)21)9-6-8(14(16,17)18)4-5-10(9)22(3)13(11)23/h4-7H,1-3H3. The van der Waals surface area contributed by atoms with E-state index in [0.29, 0.717) is 12.1 Å². The van der Waals surface area contributed by atoms with Gasteiger partial charge < -0.3 is 4.57 Å². The zero-order valence-corrected chi connectivity index (χ0v) is 12.4. The number of pyridine rings is 1. The summed E-state index contributed by atoms with van der Waals surface area (Å²) in [6.45, 7) is 2.79. The Morgan fingerprint density at radius 2 is 1.57 bits per heavy atom. The summed E-state index contributed by atoms with van der Waals surface area (Å²) in [6, 6.07) is 2.00. The lowest BCUT2D eigenvalue weighted by Gasteiger charge is -2.20. The van der Waals surface area contributed by atoms with Gasteiger partial charge in [-0.15, -0.1) is 0 Å². The van der Waals surface area contributed by atoms with Gasteiger partial charge in [0.1, 0.15) is 0 Å². The van der Waals surface area contributed by atoms with Crippen molar-refractivity contribution < 1.29 is 26.3 Å². The number of hydrogen-bond acceptors (Lipinski definition) is 1. The minimum atomic E-state index is -4.94. The molecule has 0 N–H and O–H groups in total. The third-order valence-corrected chi connectivity index (χ3v) is 3.62. The molecule has 0 atom stereocenters. The van der Waals surface area contributed by atoms with Crippen molar-refractivity contribution >= 4 is 10.9 Å². The lowest BCUT2D eigenvalue weighted by molar-refractivity contribution is -0.139. The first-order valence-corrected chi connectivity index (χ1v) is 6.66. The lowest BCUT2D eigenvalue weighted by Crippen LogP contribution is -2.28. The van der Waals surface area contributed by atoms with Crippen LogP contribution in [0.2, 0.25) is 0 Å². The van der Waals surface area contributed by atoms with E-state index in [0.717, 1.165) is 10.6 Å². The molecule has 1 aromatic heterocycles. The van der Waals surface area contributed by atoms with Crippen LogP contribution >= 0.6 is 0 Å². The Balaban J connectivity index is 3.08. The largest absolute Gasteiger partial charge is 0.417 e. The van der Waals surface area contributed by atoms with Gasteiger partial charge in [-0.05, 0) is 24.1 Å². The number of nitrogens with zero attached hydrogens (tertiary/aromatic N) is 1. The summed E-state index contributed by atoms with van der Waals surface area (Å²) in [5.41, 5.74) is -4.08. The van der Waals surface area contributed by atoms with Crippen LogP contribution in [-0.4, -0.2) is 4.57 Å². The fourth-order valence-electron chi connectivity index (χ4n) is 2.59. The van der Waals surface area contributed by atoms with Gasteiger partial charge in [0, 0.05) is 18.0 Å². The van der Waals surface area contributed by atoms with Gasteiger partial charge in [-0.3, -0.25) is 4.79 Å². The zero-order chi connectivity index (χ0) is 17.7. The first kappa shape index (κ1) is 17.4. The smallest absolute Gasteiger partial charge is 0.311 e. The van der Waals surface area contributed by atoms with Gasteiger partial charge in [-0.2, -0.15) is 26.3 Å². The van der Waals surface area contributed by atoms with Crippen LogP contribution in [0.5, 0.6) is 0 Å². The third-order valence-electron chi connectivity index (χ3n) is 3.62. The normalized spacial score (nSPS) is 13.1. The van der Waals surface area contributed by atoms with E-state index in [1.165, 1.54) is 20.9 Å². The van der Waals surface area contributed by atoms with Crippen LogP contribution in [0.3, 0.4) is 0 Å². The van der Waals surface area contributed by atoms with E-state index in [2.05, 4.69) is 0 Å². The van der Waals surface area contributed by atoms with Crippen LogP contribution in [0.15, 0.2) is 23.0 Å². The molecule has 2 nitrogen and oxygen atoms in total. The molecule has 0 aliphatic carbocycles. The second-order valence-electron chi connectivity index (χ2n) is 5.53. The molecule has 0 saturated carbocycles. The van der Waals surface area contributed by atoms with E-state index in [4.69, 9.17) is 0 Å². The average molecular weight is 337 g/mol. The van der Waals surface area contributed by atoms with Crippen molar-refractivity contribution in [1.29, 1.82) is 0 Å². The summed E-state index contributed by atoms with van der Waals surface area (Å²) in [4.78, 5) is 12.2. The van der Waals surface area contributed by atoms with Crippen LogP contribution in [0.4, 0.5) is 26.3 Å². The molecule has 0 aliphatic heterocycles. The molecule has 2 aromatic rings. The highest BCUT2D eigenvalue weighted by atomic mass is 19.4. The Morgan fingerprint density at radius 1 is 1.00 bits per heavy atom. The van der Waals surface area contributed by atoms with Gasteiger partial charge in [0.25, 0.3) is 5.56 Å². The zero-order valence-electron chi connectivity index (χ0n) is 12.4. The number of alkyl halides is 6. The number of fused-ring (bicyclic) bond motifs is 1. The lowest BCUT2D eigenvalue weighted by atomic mass is 9.93. The fourth-order valence-corrected chi connectivity index (χ4v) is 2.59. The number of rotatable bonds is 1. The summed E-state index contributed by atoms with van der Waals surface area (Å²) in [5, 5.41) is -0.627. The highest BCUT2D eigenvalue weighted by Crippen LogP contribution is 2.40. The van der Waals surface area contributed by atoms with Gasteiger partial charge in [-0.1, -0.05) is 13.8 Å². The highest BCUT2D eigenvalue weighted by Gasteiger charge is 2.39. The summed E-state index contributed by atoms with van der Waals surface area (Å²) < 4.78 is 79.8. The number of hydrogen-bond donors (Lipinski definition) is 0. The van der Waals surface area contributed by atoms with Crippen LogP contribution in [-0.2, 0) is 19.4 Å². The Morgan fingerprint density at radius 3 is 2.00 bits per heavy atom. The van der Waals surface area contributed by atoms with Gasteiger partial charge in [0.15, 0.2) is 0 Å². The molecule has 0 amide bonds. The van der Waals surface area contributed by atoms with E-state index >= 15 is 0 Å². The molecule has 0 spiro atoms. The van der Waals surface area contributed by atoms with Gasteiger partial charge in [0.05, 0.1) is 16.6 Å². The van der Waals surface area contributed by atoms with Gasteiger partial charge >= 0.3 is 12.4 Å². The Kier molecular flexibility index (Phi) is 3.99.